The first-order valence-electron chi connectivity index (χ1n) is 10.0. The van der Waals surface area contributed by atoms with Gasteiger partial charge < -0.3 is 14.8 Å². The van der Waals surface area contributed by atoms with Crippen molar-refractivity contribution in [1.82, 2.24) is 15.1 Å². The van der Waals surface area contributed by atoms with E-state index in [-0.39, 0.29) is 37.0 Å². The second-order valence-electron chi connectivity index (χ2n) is 6.75. The van der Waals surface area contributed by atoms with E-state index >= 15 is 0 Å². The van der Waals surface area contributed by atoms with Crippen molar-refractivity contribution < 1.29 is 18.7 Å². The molecule has 8 heteroatoms. The van der Waals surface area contributed by atoms with Crippen LogP contribution in [0.4, 0.5) is 4.39 Å². The fraction of sp³-hybridized carbons (Fsp3) is 0.261. The minimum atomic E-state index is -0.345. The Balaban J connectivity index is 1.47. The summed E-state index contributed by atoms with van der Waals surface area (Å²) in [7, 11) is 0. The number of carbonyl (C=O) groups is 1. The van der Waals surface area contributed by atoms with Crippen molar-refractivity contribution in [3.05, 3.63) is 76.8 Å². The van der Waals surface area contributed by atoms with Gasteiger partial charge in [0.15, 0.2) is 6.61 Å². The molecule has 0 saturated heterocycles. The number of nitrogens with zero attached hydrogens (tertiary/aromatic N) is 2. The predicted octanol–water partition coefficient (Wildman–Crippen LogP) is 3.03. The quantitative estimate of drug-likeness (QED) is 0.540. The SMILES string of the molecule is CCCOc1ccc(OCC(=O)NCCn2nc(-c3ccc(F)cc3)ccc2=O)cc1. The molecular weight excluding hydrogens is 401 g/mol. The lowest BCUT2D eigenvalue weighted by molar-refractivity contribution is -0.123. The molecule has 3 rings (SSSR count). The third kappa shape index (κ3) is 6.67. The maximum atomic E-state index is 13.1. The van der Waals surface area contributed by atoms with Gasteiger partial charge in [-0.3, -0.25) is 9.59 Å². The van der Waals surface area contributed by atoms with Crippen molar-refractivity contribution in [1.29, 1.82) is 0 Å². The van der Waals surface area contributed by atoms with Gasteiger partial charge >= 0.3 is 0 Å². The van der Waals surface area contributed by atoms with Crippen molar-refractivity contribution in [2.24, 2.45) is 0 Å². The molecule has 1 amide bonds. The summed E-state index contributed by atoms with van der Waals surface area (Å²) in [6.07, 6.45) is 0.927. The van der Waals surface area contributed by atoms with E-state index in [2.05, 4.69) is 10.4 Å². The maximum Gasteiger partial charge on any atom is 0.266 e. The van der Waals surface area contributed by atoms with E-state index in [0.717, 1.165) is 12.2 Å². The Bertz CT molecular complexity index is 1050. The lowest BCUT2D eigenvalue weighted by atomic mass is 10.1. The van der Waals surface area contributed by atoms with Crippen LogP contribution in [0.25, 0.3) is 11.3 Å². The van der Waals surface area contributed by atoms with Crippen LogP contribution in [-0.2, 0) is 11.3 Å². The van der Waals surface area contributed by atoms with Crippen LogP contribution in [0, 0.1) is 5.82 Å². The normalized spacial score (nSPS) is 10.5. The fourth-order valence-electron chi connectivity index (χ4n) is 2.74. The van der Waals surface area contributed by atoms with Gasteiger partial charge in [-0.25, -0.2) is 9.07 Å². The average molecular weight is 425 g/mol. The summed E-state index contributed by atoms with van der Waals surface area (Å²) in [6.45, 7) is 2.94. The van der Waals surface area contributed by atoms with Crippen LogP contribution < -0.4 is 20.3 Å². The molecule has 0 unspecified atom stereocenters. The first-order valence-corrected chi connectivity index (χ1v) is 10.0. The lowest BCUT2D eigenvalue weighted by Crippen LogP contribution is -2.34. The van der Waals surface area contributed by atoms with Gasteiger partial charge in [-0.1, -0.05) is 6.92 Å². The van der Waals surface area contributed by atoms with E-state index in [0.29, 0.717) is 23.6 Å². The molecule has 0 atom stereocenters. The molecule has 2 aromatic carbocycles. The second kappa shape index (κ2) is 10.9. The Morgan fingerprint density at radius 1 is 1.00 bits per heavy atom. The number of rotatable bonds is 10. The molecule has 0 radical (unpaired) electrons. The number of carbonyl (C=O) groups excluding carboxylic acids is 1. The molecule has 3 aromatic rings. The molecule has 31 heavy (non-hydrogen) atoms. The molecule has 1 N–H and O–H groups in total. The highest BCUT2D eigenvalue weighted by molar-refractivity contribution is 5.77. The molecular formula is C23H24FN3O4. The molecule has 0 saturated carbocycles. The van der Waals surface area contributed by atoms with Gasteiger partial charge in [0, 0.05) is 18.2 Å². The van der Waals surface area contributed by atoms with E-state index < -0.39 is 0 Å². The van der Waals surface area contributed by atoms with Gasteiger partial charge in [0.2, 0.25) is 0 Å². The lowest BCUT2D eigenvalue weighted by Gasteiger charge is -2.10. The molecule has 0 bridgehead atoms. The van der Waals surface area contributed by atoms with Crippen LogP contribution in [0.15, 0.2) is 65.5 Å². The molecule has 0 aliphatic heterocycles. The van der Waals surface area contributed by atoms with E-state index in [1.54, 1.807) is 42.5 Å². The number of ether oxygens (including phenoxy) is 2. The molecule has 1 heterocycles. The van der Waals surface area contributed by atoms with Crippen LogP contribution in [0.5, 0.6) is 11.5 Å². The van der Waals surface area contributed by atoms with Crippen molar-refractivity contribution in [2.45, 2.75) is 19.9 Å². The van der Waals surface area contributed by atoms with Gasteiger partial charge in [0.25, 0.3) is 11.5 Å². The summed E-state index contributed by atoms with van der Waals surface area (Å²) in [5.41, 5.74) is 0.945. The Morgan fingerprint density at radius 2 is 1.68 bits per heavy atom. The van der Waals surface area contributed by atoms with Crippen molar-refractivity contribution >= 4 is 5.91 Å². The summed E-state index contributed by atoms with van der Waals surface area (Å²) in [5, 5.41) is 6.98. The highest BCUT2D eigenvalue weighted by atomic mass is 19.1. The first-order chi connectivity index (χ1) is 15.0. The average Bonchev–Trinajstić information content (AvgIpc) is 2.79. The zero-order chi connectivity index (χ0) is 22.1. The Labute approximate surface area is 179 Å². The second-order valence-corrected chi connectivity index (χ2v) is 6.75. The molecule has 1 aromatic heterocycles. The van der Waals surface area contributed by atoms with Crippen molar-refractivity contribution in [3.63, 3.8) is 0 Å². The number of hydrogen-bond acceptors (Lipinski definition) is 5. The zero-order valence-electron chi connectivity index (χ0n) is 17.2. The summed E-state index contributed by atoms with van der Waals surface area (Å²) >= 11 is 0. The number of amides is 1. The summed E-state index contributed by atoms with van der Waals surface area (Å²) in [6, 6.07) is 15.9. The van der Waals surface area contributed by atoms with Gasteiger partial charge in [0.1, 0.15) is 17.3 Å². The predicted molar refractivity (Wildman–Crippen MR) is 115 cm³/mol. The Kier molecular flexibility index (Phi) is 7.75. The maximum absolute atomic E-state index is 13.1. The summed E-state index contributed by atoms with van der Waals surface area (Å²) in [5.74, 6) is 0.653. The van der Waals surface area contributed by atoms with Crippen molar-refractivity contribution in [2.75, 3.05) is 19.8 Å². The zero-order valence-corrected chi connectivity index (χ0v) is 17.2. The molecule has 0 spiro atoms. The van der Waals surface area contributed by atoms with E-state index in [1.807, 2.05) is 6.92 Å². The molecule has 0 fully saturated rings. The largest absolute Gasteiger partial charge is 0.494 e. The van der Waals surface area contributed by atoms with E-state index in [4.69, 9.17) is 9.47 Å². The monoisotopic (exact) mass is 425 g/mol. The van der Waals surface area contributed by atoms with Gasteiger partial charge in [-0.15, -0.1) is 0 Å². The highest BCUT2D eigenvalue weighted by Crippen LogP contribution is 2.18. The third-order valence-electron chi connectivity index (χ3n) is 4.32. The van der Waals surface area contributed by atoms with Crippen LogP contribution >= 0.6 is 0 Å². The highest BCUT2D eigenvalue weighted by Gasteiger charge is 2.06. The third-order valence-corrected chi connectivity index (χ3v) is 4.32. The van der Waals surface area contributed by atoms with Crippen LogP contribution in [-0.4, -0.2) is 35.4 Å². The smallest absolute Gasteiger partial charge is 0.266 e. The number of hydrogen-bond donors (Lipinski definition) is 1. The summed E-state index contributed by atoms with van der Waals surface area (Å²) in [4.78, 5) is 24.0. The van der Waals surface area contributed by atoms with Gasteiger partial charge in [-0.05, 0) is 61.0 Å². The minimum Gasteiger partial charge on any atom is -0.494 e. The topological polar surface area (TPSA) is 82.4 Å². The van der Waals surface area contributed by atoms with Crippen LogP contribution in [0.2, 0.25) is 0 Å². The Hall–Kier alpha value is -3.68. The number of benzene rings is 2. The number of aromatic nitrogens is 2. The number of halogens is 1. The molecule has 0 aliphatic rings. The standard InChI is InChI=1S/C23H24FN3O4/c1-2-15-30-19-7-9-20(10-8-19)31-16-22(28)25-13-14-27-23(29)12-11-21(26-27)17-3-5-18(24)6-4-17/h3-12H,2,13-16H2,1H3,(H,25,28). The molecule has 7 nitrogen and oxygen atoms in total. The van der Waals surface area contributed by atoms with E-state index in [9.17, 15) is 14.0 Å². The summed E-state index contributed by atoms with van der Waals surface area (Å²) < 4.78 is 25.3. The van der Waals surface area contributed by atoms with Crippen LogP contribution in [0.1, 0.15) is 13.3 Å². The van der Waals surface area contributed by atoms with Gasteiger partial charge in [-0.2, -0.15) is 5.10 Å². The Morgan fingerprint density at radius 3 is 2.35 bits per heavy atom. The molecule has 0 aliphatic carbocycles. The first kappa shape index (κ1) is 22.0. The molecule has 162 valence electrons. The van der Waals surface area contributed by atoms with Crippen molar-refractivity contribution in [3.8, 4) is 22.8 Å². The van der Waals surface area contributed by atoms with Crippen LogP contribution in [0.3, 0.4) is 0 Å². The van der Waals surface area contributed by atoms with Gasteiger partial charge in [0.05, 0.1) is 18.8 Å². The number of nitrogens with one attached hydrogen (secondary N) is 1. The fourth-order valence-corrected chi connectivity index (χ4v) is 2.74. The minimum absolute atomic E-state index is 0.146. The van der Waals surface area contributed by atoms with E-state index in [1.165, 1.54) is 22.9 Å².